The molecular formula is C19H22N2O3. The van der Waals surface area contributed by atoms with Gasteiger partial charge in [-0.2, -0.15) is 0 Å². The highest BCUT2D eigenvalue weighted by Gasteiger charge is 2.24. The van der Waals surface area contributed by atoms with Gasteiger partial charge in [-0.15, -0.1) is 0 Å². The summed E-state index contributed by atoms with van der Waals surface area (Å²) in [5.74, 6) is 0.682. The van der Waals surface area contributed by atoms with Gasteiger partial charge < -0.3 is 14.2 Å². The molecule has 1 aromatic heterocycles. The van der Waals surface area contributed by atoms with Crippen molar-refractivity contribution in [2.75, 3.05) is 13.1 Å². The molecule has 2 aromatic rings. The van der Waals surface area contributed by atoms with Crippen molar-refractivity contribution in [1.29, 1.82) is 0 Å². The molecular weight excluding hydrogens is 304 g/mol. The van der Waals surface area contributed by atoms with Gasteiger partial charge >= 0.3 is 0 Å². The van der Waals surface area contributed by atoms with E-state index in [2.05, 4.69) is 0 Å². The number of piperidine rings is 1. The van der Waals surface area contributed by atoms with E-state index < -0.39 is 0 Å². The van der Waals surface area contributed by atoms with E-state index in [1.807, 2.05) is 48.2 Å². The second kappa shape index (κ2) is 6.91. The third-order valence-corrected chi connectivity index (χ3v) is 4.53. The molecule has 0 radical (unpaired) electrons. The van der Waals surface area contributed by atoms with E-state index in [0.717, 1.165) is 24.1 Å². The second-order valence-corrected chi connectivity index (χ2v) is 6.21. The Morgan fingerprint density at radius 3 is 2.42 bits per heavy atom. The van der Waals surface area contributed by atoms with Crippen molar-refractivity contribution in [3.8, 4) is 5.75 Å². The molecule has 1 amide bonds. The number of ether oxygens (including phenoxy) is 1. The molecule has 1 aliphatic heterocycles. The minimum absolute atomic E-state index is 0.0383. The number of likely N-dealkylation sites (tertiary alicyclic amines) is 1. The predicted octanol–water partition coefficient (Wildman–Crippen LogP) is 2.38. The first kappa shape index (κ1) is 16.3. The Labute approximate surface area is 141 Å². The topological polar surface area (TPSA) is 51.5 Å². The molecule has 126 valence electrons. The van der Waals surface area contributed by atoms with E-state index in [4.69, 9.17) is 4.74 Å². The number of hydrogen-bond acceptors (Lipinski definition) is 3. The first-order valence-corrected chi connectivity index (χ1v) is 8.23. The maximum atomic E-state index is 12.4. The van der Waals surface area contributed by atoms with Crippen molar-refractivity contribution in [1.82, 2.24) is 9.47 Å². The highest BCUT2D eigenvalue weighted by molar-refractivity contribution is 5.94. The predicted molar refractivity (Wildman–Crippen MR) is 92.4 cm³/mol. The van der Waals surface area contributed by atoms with Crippen LogP contribution < -0.4 is 10.3 Å². The molecule has 1 fully saturated rings. The summed E-state index contributed by atoms with van der Waals surface area (Å²) in [5.41, 5.74) is 1.52. The van der Waals surface area contributed by atoms with Gasteiger partial charge in [-0.05, 0) is 25.1 Å². The fourth-order valence-electron chi connectivity index (χ4n) is 2.94. The van der Waals surface area contributed by atoms with E-state index in [9.17, 15) is 9.59 Å². The van der Waals surface area contributed by atoms with Crippen molar-refractivity contribution in [3.63, 3.8) is 0 Å². The Balaban J connectivity index is 1.59. The van der Waals surface area contributed by atoms with Crippen LogP contribution in [0.25, 0.3) is 0 Å². The number of amides is 1. The average Bonchev–Trinajstić information content (AvgIpc) is 2.60. The van der Waals surface area contributed by atoms with Crippen LogP contribution >= 0.6 is 0 Å². The third kappa shape index (κ3) is 3.50. The molecule has 0 spiro atoms. The zero-order valence-corrected chi connectivity index (χ0v) is 14.1. The number of carbonyl (C=O) groups is 1. The molecule has 1 saturated heterocycles. The molecule has 0 saturated carbocycles. The lowest BCUT2D eigenvalue weighted by atomic mass is 10.1. The number of aryl methyl sites for hydroxylation is 1. The van der Waals surface area contributed by atoms with E-state index in [-0.39, 0.29) is 17.6 Å². The third-order valence-electron chi connectivity index (χ3n) is 4.53. The van der Waals surface area contributed by atoms with Crippen LogP contribution in [-0.2, 0) is 7.05 Å². The number of pyridine rings is 1. The summed E-state index contributed by atoms with van der Waals surface area (Å²) in [7, 11) is 1.75. The highest BCUT2D eigenvalue weighted by Crippen LogP contribution is 2.20. The maximum Gasteiger partial charge on any atom is 0.254 e. The Hall–Kier alpha value is -2.56. The highest BCUT2D eigenvalue weighted by atomic mass is 16.5. The van der Waals surface area contributed by atoms with Crippen LogP contribution in [0.1, 0.15) is 28.9 Å². The first-order chi connectivity index (χ1) is 11.5. The molecule has 2 heterocycles. The van der Waals surface area contributed by atoms with Crippen LogP contribution in [0.5, 0.6) is 5.75 Å². The van der Waals surface area contributed by atoms with Crippen LogP contribution in [0.4, 0.5) is 0 Å². The van der Waals surface area contributed by atoms with Crippen LogP contribution in [0.2, 0.25) is 0 Å². The molecule has 0 aliphatic carbocycles. The lowest BCUT2D eigenvalue weighted by Gasteiger charge is -2.32. The molecule has 5 heteroatoms. The second-order valence-electron chi connectivity index (χ2n) is 6.21. The quantitative estimate of drug-likeness (QED) is 0.870. The van der Waals surface area contributed by atoms with Crippen molar-refractivity contribution in [2.45, 2.75) is 25.9 Å². The number of nitrogens with zero attached hydrogens (tertiary/aromatic N) is 2. The number of hydrogen-bond donors (Lipinski definition) is 0. The van der Waals surface area contributed by atoms with Crippen LogP contribution in [0.3, 0.4) is 0 Å². The molecule has 24 heavy (non-hydrogen) atoms. The standard InChI is InChI=1S/C19H22N2O3/c1-14-12-17(13-18(22)20(14)2)24-16-8-10-21(11-9-16)19(23)15-6-4-3-5-7-15/h3-7,12-13,16H,8-11H2,1-2H3. The van der Waals surface area contributed by atoms with Gasteiger partial charge in [-0.25, -0.2) is 0 Å². The van der Waals surface area contributed by atoms with Crippen molar-refractivity contribution >= 4 is 5.91 Å². The molecule has 0 bridgehead atoms. The van der Waals surface area contributed by atoms with E-state index in [1.165, 1.54) is 6.07 Å². The van der Waals surface area contributed by atoms with E-state index in [1.54, 1.807) is 11.6 Å². The molecule has 0 unspecified atom stereocenters. The Bertz CT molecular complexity index is 775. The molecule has 0 N–H and O–H groups in total. The zero-order valence-electron chi connectivity index (χ0n) is 14.1. The normalized spacial score (nSPS) is 15.3. The Morgan fingerprint density at radius 1 is 1.12 bits per heavy atom. The SMILES string of the molecule is Cc1cc(OC2CCN(C(=O)c3ccccc3)CC2)cc(=O)n1C. The van der Waals surface area contributed by atoms with Gasteiger partial charge in [0, 0.05) is 50.3 Å². The lowest BCUT2D eigenvalue weighted by Crippen LogP contribution is -2.41. The summed E-state index contributed by atoms with van der Waals surface area (Å²) in [6, 6.07) is 12.7. The van der Waals surface area contributed by atoms with Gasteiger partial charge in [-0.1, -0.05) is 18.2 Å². The summed E-state index contributed by atoms with van der Waals surface area (Å²) >= 11 is 0. The fraction of sp³-hybridized carbons (Fsp3) is 0.368. The minimum atomic E-state index is -0.0679. The monoisotopic (exact) mass is 326 g/mol. The smallest absolute Gasteiger partial charge is 0.254 e. The minimum Gasteiger partial charge on any atom is -0.490 e. The van der Waals surface area contributed by atoms with E-state index >= 15 is 0 Å². The van der Waals surface area contributed by atoms with Crippen LogP contribution in [0.15, 0.2) is 47.3 Å². The van der Waals surface area contributed by atoms with Gasteiger partial charge in [0.05, 0.1) is 0 Å². The molecule has 1 aromatic carbocycles. The summed E-state index contributed by atoms with van der Waals surface area (Å²) < 4.78 is 7.55. The number of benzene rings is 1. The summed E-state index contributed by atoms with van der Waals surface area (Å²) in [6.45, 7) is 3.22. The van der Waals surface area contributed by atoms with Gasteiger partial charge in [0.2, 0.25) is 0 Å². The van der Waals surface area contributed by atoms with Crippen LogP contribution in [-0.4, -0.2) is 34.6 Å². The molecule has 0 atom stereocenters. The van der Waals surface area contributed by atoms with Crippen LogP contribution in [0, 0.1) is 6.92 Å². The number of rotatable bonds is 3. The fourth-order valence-corrected chi connectivity index (χ4v) is 2.94. The summed E-state index contributed by atoms with van der Waals surface area (Å²) in [6.07, 6.45) is 1.58. The van der Waals surface area contributed by atoms with Crippen molar-refractivity contribution in [2.24, 2.45) is 7.05 Å². The van der Waals surface area contributed by atoms with E-state index in [0.29, 0.717) is 18.8 Å². The maximum absolute atomic E-state index is 12.4. The Morgan fingerprint density at radius 2 is 1.79 bits per heavy atom. The largest absolute Gasteiger partial charge is 0.490 e. The number of carbonyl (C=O) groups excluding carboxylic acids is 1. The van der Waals surface area contributed by atoms with Crippen molar-refractivity contribution < 1.29 is 9.53 Å². The lowest BCUT2D eigenvalue weighted by molar-refractivity contribution is 0.0595. The van der Waals surface area contributed by atoms with Gasteiger partial charge in [-0.3, -0.25) is 9.59 Å². The average molecular weight is 326 g/mol. The molecule has 3 rings (SSSR count). The summed E-state index contributed by atoms with van der Waals surface area (Å²) in [5, 5.41) is 0. The zero-order chi connectivity index (χ0) is 17.1. The Kier molecular flexibility index (Phi) is 4.69. The first-order valence-electron chi connectivity index (χ1n) is 8.23. The van der Waals surface area contributed by atoms with Gasteiger partial charge in [0.15, 0.2) is 0 Å². The summed E-state index contributed by atoms with van der Waals surface area (Å²) in [4.78, 5) is 26.1. The van der Waals surface area contributed by atoms with Gasteiger partial charge in [0.1, 0.15) is 11.9 Å². The number of aromatic nitrogens is 1. The van der Waals surface area contributed by atoms with Gasteiger partial charge in [0.25, 0.3) is 11.5 Å². The molecule has 1 aliphatic rings. The molecule has 5 nitrogen and oxygen atoms in total. The van der Waals surface area contributed by atoms with Crippen molar-refractivity contribution in [3.05, 3.63) is 64.1 Å².